The van der Waals surface area contributed by atoms with Crippen molar-refractivity contribution < 1.29 is 35.3 Å². The zero-order chi connectivity index (χ0) is 25.1. The molecule has 1 saturated heterocycles. The van der Waals surface area contributed by atoms with Gasteiger partial charge in [0.25, 0.3) is 15.9 Å². The Morgan fingerprint density at radius 1 is 1.06 bits per heavy atom. The smallest absolute Gasteiger partial charge is 0.263 e. The van der Waals surface area contributed by atoms with Crippen molar-refractivity contribution in [2.24, 2.45) is 0 Å². The monoisotopic (exact) mass is 552 g/mol. The highest BCUT2D eigenvalue weighted by Crippen LogP contribution is 2.33. The SMILES string of the molecule is CS(=O)(=O)NCCS(=O)(=O)N1CCN(S(=O)(=O)c2ccc(-c3ccccc3)s2)[C@@H](C(=O)NO)C1. The summed E-state index contributed by atoms with van der Waals surface area (Å²) in [6.07, 6.45) is 0.888. The van der Waals surface area contributed by atoms with Crippen LogP contribution in [0.3, 0.4) is 0 Å². The van der Waals surface area contributed by atoms with E-state index < -0.39 is 54.3 Å². The number of piperazine rings is 1. The lowest BCUT2D eigenvalue weighted by Crippen LogP contribution is -2.61. The Balaban J connectivity index is 1.82. The number of nitrogens with one attached hydrogen (secondary N) is 2. The third-order valence-electron chi connectivity index (χ3n) is 5.03. The number of sulfonamides is 3. The summed E-state index contributed by atoms with van der Waals surface area (Å²) >= 11 is 1.01. The van der Waals surface area contributed by atoms with Gasteiger partial charge >= 0.3 is 0 Å². The molecule has 2 aromatic rings. The van der Waals surface area contributed by atoms with Gasteiger partial charge in [0.1, 0.15) is 10.3 Å². The second-order valence-corrected chi connectivity index (χ2v) is 14.6. The Morgan fingerprint density at radius 2 is 1.74 bits per heavy atom. The molecule has 188 valence electrons. The van der Waals surface area contributed by atoms with Crippen molar-refractivity contribution in [3.8, 4) is 10.4 Å². The van der Waals surface area contributed by atoms with Crippen LogP contribution in [0.2, 0.25) is 0 Å². The summed E-state index contributed by atoms with van der Waals surface area (Å²) in [5, 5.41) is 9.15. The van der Waals surface area contributed by atoms with Crippen LogP contribution in [0.15, 0.2) is 46.7 Å². The number of hydroxylamine groups is 1. The van der Waals surface area contributed by atoms with E-state index in [-0.39, 0.29) is 23.8 Å². The van der Waals surface area contributed by atoms with Gasteiger partial charge in [-0.1, -0.05) is 30.3 Å². The molecule has 1 aliphatic heterocycles. The predicted octanol–water partition coefficient (Wildman–Crippen LogP) is -0.526. The minimum Gasteiger partial charge on any atom is -0.289 e. The van der Waals surface area contributed by atoms with Crippen LogP contribution in [0.4, 0.5) is 0 Å². The predicted molar refractivity (Wildman–Crippen MR) is 126 cm³/mol. The summed E-state index contributed by atoms with van der Waals surface area (Å²) in [7, 11) is -11.8. The third kappa shape index (κ3) is 6.19. The van der Waals surface area contributed by atoms with Crippen molar-refractivity contribution in [1.29, 1.82) is 0 Å². The highest BCUT2D eigenvalue weighted by molar-refractivity contribution is 7.91. The number of nitrogens with zero attached hydrogens (tertiary/aromatic N) is 2. The summed E-state index contributed by atoms with van der Waals surface area (Å²) in [5.41, 5.74) is 2.22. The van der Waals surface area contributed by atoms with Crippen molar-refractivity contribution in [3.05, 3.63) is 42.5 Å². The van der Waals surface area contributed by atoms with Crippen molar-refractivity contribution in [1.82, 2.24) is 18.8 Å². The fourth-order valence-corrected chi connectivity index (χ4v) is 8.35. The fraction of sp³-hybridized carbons (Fsp3) is 0.389. The molecule has 1 fully saturated rings. The van der Waals surface area contributed by atoms with Crippen LogP contribution in [0.1, 0.15) is 0 Å². The average molecular weight is 553 g/mol. The molecule has 1 amide bonds. The standard InChI is InChI=1S/C18H24N4O8S4/c1-32(25,26)19-9-12-33(27,28)21-10-11-22(15(13-21)18(23)20-24)34(29,30)17-8-7-16(31-17)14-5-3-2-4-6-14/h2-8,15,19,24H,9-13H2,1H3,(H,20,23)/t15-/m1/s1. The Hall–Kier alpha value is -1.92. The largest absolute Gasteiger partial charge is 0.289 e. The molecule has 16 heteroatoms. The number of benzene rings is 1. The van der Waals surface area contributed by atoms with Crippen molar-refractivity contribution in [2.45, 2.75) is 10.3 Å². The van der Waals surface area contributed by atoms with E-state index in [1.54, 1.807) is 6.07 Å². The van der Waals surface area contributed by atoms with E-state index in [0.29, 0.717) is 4.88 Å². The number of amides is 1. The van der Waals surface area contributed by atoms with Crippen LogP contribution in [-0.4, -0.2) is 89.2 Å². The summed E-state index contributed by atoms with van der Waals surface area (Å²) < 4.78 is 78.1. The Kier molecular flexibility index (Phi) is 8.14. The number of thiophene rings is 1. The average Bonchev–Trinajstić information content (AvgIpc) is 3.29. The number of carbonyl (C=O) groups excluding carboxylic acids is 1. The van der Waals surface area contributed by atoms with Crippen molar-refractivity contribution in [2.75, 3.05) is 38.2 Å². The molecule has 0 spiro atoms. The molecule has 12 nitrogen and oxygen atoms in total. The van der Waals surface area contributed by atoms with E-state index in [9.17, 15) is 30.0 Å². The van der Waals surface area contributed by atoms with Gasteiger partial charge in [0.15, 0.2) is 0 Å². The molecule has 0 aliphatic carbocycles. The quantitative estimate of drug-likeness (QED) is 0.275. The zero-order valence-corrected chi connectivity index (χ0v) is 21.3. The maximum atomic E-state index is 13.3. The van der Waals surface area contributed by atoms with Gasteiger partial charge in [-0.05, 0) is 17.7 Å². The minimum atomic E-state index is -4.19. The summed E-state index contributed by atoms with van der Waals surface area (Å²) in [4.78, 5) is 13.0. The van der Waals surface area contributed by atoms with E-state index >= 15 is 0 Å². The minimum absolute atomic E-state index is 0.0317. The molecule has 3 rings (SSSR count). The van der Waals surface area contributed by atoms with E-state index in [1.165, 1.54) is 11.5 Å². The van der Waals surface area contributed by atoms with Gasteiger partial charge in [-0.2, -0.15) is 8.61 Å². The van der Waals surface area contributed by atoms with E-state index in [0.717, 1.165) is 31.8 Å². The molecule has 2 heterocycles. The third-order valence-corrected chi connectivity index (χ3v) is 11.1. The molecule has 1 atom stereocenters. The summed E-state index contributed by atoms with van der Waals surface area (Å²) in [6.45, 7) is -1.50. The molecule has 1 aliphatic rings. The van der Waals surface area contributed by atoms with Gasteiger partial charge in [0.2, 0.25) is 20.0 Å². The molecule has 1 aromatic heterocycles. The van der Waals surface area contributed by atoms with Crippen LogP contribution in [-0.2, 0) is 34.9 Å². The Morgan fingerprint density at radius 3 is 2.35 bits per heavy atom. The van der Waals surface area contributed by atoms with Crippen molar-refractivity contribution >= 4 is 47.3 Å². The molecule has 3 N–H and O–H groups in total. The summed E-state index contributed by atoms with van der Waals surface area (Å²) in [6, 6.07) is 10.6. The van der Waals surface area contributed by atoms with Gasteiger partial charge in [-0.25, -0.2) is 35.5 Å². The molecule has 0 bridgehead atoms. The highest BCUT2D eigenvalue weighted by atomic mass is 32.2. The molecular formula is C18H24N4O8S4. The van der Waals surface area contributed by atoms with Gasteiger partial charge in [0.05, 0.1) is 12.0 Å². The topological polar surface area (TPSA) is 170 Å². The first kappa shape index (κ1) is 26.7. The summed E-state index contributed by atoms with van der Waals surface area (Å²) in [5.74, 6) is -1.66. The normalized spacial score (nSPS) is 18.6. The van der Waals surface area contributed by atoms with Crippen LogP contribution in [0, 0.1) is 0 Å². The number of rotatable bonds is 9. The second kappa shape index (κ2) is 10.4. The number of hydrogen-bond acceptors (Lipinski definition) is 9. The van der Waals surface area contributed by atoms with Crippen LogP contribution in [0.25, 0.3) is 10.4 Å². The maximum Gasteiger partial charge on any atom is 0.263 e. The van der Waals surface area contributed by atoms with Gasteiger partial charge < -0.3 is 0 Å². The van der Waals surface area contributed by atoms with Gasteiger partial charge in [-0.3, -0.25) is 10.0 Å². The lowest BCUT2D eigenvalue weighted by Gasteiger charge is -2.38. The molecule has 0 saturated carbocycles. The first-order valence-corrected chi connectivity index (χ1v) is 15.6. The lowest BCUT2D eigenvalue weighted by atomic mass is 10.2. The molecule has 0 unspecified atom stereocenters. The molecule has 1 aromatic carbocycles. The highest BCUT2D eigenvalue weighted by Gasteiger charge is 2.43. The first-order chi connectivity index (χ1) is 15.8. The van der Waals surface area contributed by atoms with Crippen molar-refractivity contribution in [3.63, 3.8) is 0 Å². The van der Waals surface area contributed by atoms with Gasteiger partial charge in [-0.15, -0.1) is 11.3 Å². The molecule has 0 radical (unpaired) electrons. The number of carbonyl (C=O) groups is 1. The van der Waals surface area contributed by atoms with E-state index in [1.807, 2.05) is 30.3 Å². The second-order valence-electron chi connectivity index (χ2n) is 7.43. The number of hydrogen-bond donors (Lipinski definition) is 3. The maximum absolute atomic E-state index is 13.3. The van der Waals surface area contributed by atoms with E-state index in [2.05, 4.69) is 4.72 Å². The molecule has 34 heavy (non-hydrogen) atoms. The van der Waals surface area contributed by atoms with Gasteiger partial charge in [0, 0.05) is 31.1 Å². The first-order valence-electron chi connectivity index (χ1n) is 9.89. The Bertz CT molecular complexity index is 1340. The van der Waals surface area contributed by atoms with E-state index in [4.69, 9.17) is 5.21 Å². The molecular weight excluding hydrogens is 528 g/mol. The lowest BCUT2D eigenvalue weighted by molar-refractivity contribution is -0.134. The zero-order valence-electron chi connectivity index (χ0n) is 18.0. The van der Waals surface area contributed by atoms with Crippen LogP contribution < -0.4 is 10.2 Å². The fourth-order valence-electron chi connectivity index (χ4n) is 3.39. The van der Waals surface area contributed by atoms with Crippen LogP contribution in [0.5, 0.6) is 0 Å². The Labute approximate surface area is 202 Å². The van der Waals surface area contributed by atoms with Crippen LogP contribution >= 0.6 is 11.3 Å².